The first kappa shape index (κ1) is 16.3. The van der Waals surface area contributed by atoms with Gasteiger partial charge in [0.2, 0.25) is 0 Å². The van der Waals surface area contributed by atoms with E-state index in [1.807, 2.05) is 23.9 Å². The van der Waals surface area contributed by atoms with Gasteiger partial charge in [-0.3, -0.25) is 4.90 Å². The maximum Gasteiger partial charge on any atom is 0.119 e. The Hall–Kier alpha value is -0.710. The Morgan fingerprint density at radius 1 is 1.32 bits per heavy atom. The highest BCUT2D eigenvalue weighted by Gasteiger charge is 2.14. The lowest BCUT2D eigenvalue weighted by molar-refractivity contribution is 0.265. The third-order valence-electron chi connectivity index (χ3n) is 3.14. The second-order valence-electron chi connectivity index (χ2n) is 4.64. The minimum absolute atomic E-state index is 0.285. The van der Waals surface area contributed by atoms with Crippen molar-refractivity contribution in [2.45, 2.75) is 19.4 Å². The fourth-order valence-corrected chi connectivity index (χ4v) is 2.44. The van der Waals surface area contributed by atoms with E-state index >= 15 is 0 Å². The average molecular weight is 282 g/mol. The quantitative estimate of drug-likeness (QED) is 0.756. The average Bonchev–Trinajstić information content (AvgIpc) is 2.45. The molecular weight excluding hydrogens is 256 g/mol. The molecule has 0 spiro atoms. The molecule has 108 valence electrons. The monoisotopic (exact) mass is 282 g/mol. The summed E-state index contributed by atoms with van der Waals surface area (Å²) >= 11 is 1.86. The van der Waals surface area contributed by atoms with Crippen LogP contribution in [0.2, 0.25) is 0 Å². The fourth-order valence-electron chi connectivity index (χ4n) is 1.97. The molecule has 3 nitrogen and oxygen atoms in total. The first-order valence-electron chi connectivity index (χ1n) is 6.85. The van der Waals surface area contributed by atoms with Crippen LogP contribution in [0.15, 0.2) is 24.3 Å². The largest absolute Gasteiger partial charge is 0.494 e. The Morgan fingerprint density at radius 2 is 2.00 bits per heavy atom. The third-order valence-corrected chi connectivity index (χ3v) is 3.73. The van der Waals surface area contributed by atoms with Gasteiger partial charge < -0.3 is 10.5 Å². The first-order chi connectivity index (χ1) is 9.22. The summed E-state index contributed by atoms with van der Waals surface area (Å²) in [5.74, 6) is 2.07. The Kier molecular flexibility index (Phi) is 7.94. The van der Waals surface area contributed by atoms with Crippen LogP contribution in [0.1, 0.15) is 24.9 Å². The van der Waals surface area contributed by atoms with E-state index in [2.05, 4.69) is 37.3 Å². The summed E-state index contributed by atoms with van der Waals surface area (Å²) in [5, 5.41) is 0. The van der Waals surface area contributed by atoms with Gasteiger partial charge in [-0.05, 0) is 37.4 Å². The standard InChI is InChI=1S/C15H26N2OS/c1-4-10-18-14-7-5-13(6-8-14)15(12-16)17(2)9-11-19-3/h5-8,15H,4,9-12,16H2,1-3H3. The molecule has 0 radical (unpaired) electrons. The van der Waals surface area contributed by atoms with E-state index in [1.165, 1.54) is 5.56 Å². The lowest BCUT2D eigenvalue weighted by Crippen LogP contribution is -2.32. The highest BCUT2D eigenvalue weighted by molar-refractivity contribution is 7.98. The van der Waals surface area contributed by atoms with Crippen molar-refractivity contribution in [2.24, 2.45) is 5.73 Å². The maximum absolute atomic E-state index is 5.92. The summed E-state index contributed by atoms with van der Waals surface area (Å²) in [6.07, 6.45) is 3.16. The molecule has 0 amide bonds. The van der Waals surface area contributed by atoms with Crippen molar-refractivity contribution in [2.75, 3.05) is 38.8 Å². The molecule has 0 heterocycles. The zero-order chi connectivity index (χ0) is 14.1. The Bertz CT molecular complexity index is 343. The van der Waals surface area contributed by atoms with Crippen LogP contribution in [0.4, 0.5) is 0 Å². The molecule has 1 atom stereocenters. The Morgan fingerprint density at radius 3 is 2.53 bits per heavy atom. The number of ether oxygens (including phenoxy) is 1. The molecule has 4 heteroatoms. The van der Waals surface area contributed by atoms with E-state index in [-0.39, 0.29) is 6.04 Å². The second-order valence-corrected chi connectivity index (χ2v) is 5.63. The number of hydrogen-bond acceptors (Lipinski definition) is 4. The summed E-state index contributed by atoms with van der Waals surface area (Å²) in [5.41, 5.74) is 7.18. The topological polar surface area (TPSA) is 38.5 Å². The fraction of sp³-hybridized carbons (Fsp3) is 0.600. The highest BCUT2D eigenvalue weighted by Crippen LogP contribution is 2.21. The normalized spacial score (nSPS) is 12.7. The van der Waals surface area contributed by atoms with Gasteiger partial charge in [0, 0.05) is 24.9 Å². The molecule has 1 aromatic rings. The van der Waals surface area contributed by atoms with Crippen LogP contribution in [0.5, 0.6) is 5.75 Å². The maximum atomic E-state index is 5.92. The number of benzene rings is 1. The van der Waals surface area contributed by atoms with E-state index in [0.29, 0.717) is 6.54 Å². The van der Waals surface area contributed by atoms with Crippen molar-refractivity contribution in [1.29, 1.82) is 0 Å². The van der Waals surface area contributed by atoms with Crippen molar-refractivity contribution in [3.8, 4) is 5.75 Å². The van der Waals surface area contributed by atoms with E-state index in [1.54, 1.807) is 0 Å². The van der Waals surface area contributed by atoms with Crippen molar-refractivity contribution in [1.82, 2.24) is 4.90 Å². The number of nitrogens with two attached hydrogens (primary N) is 1. The van der Waals surface area contributed by atoms with Crippen LogP contribution < -0.4 is 10.5 Å². The number of thioether (sulfide) groups is 1. The second kappa shape index (κ2) is 9.23. The van der Waals surface area contributed by atoms with Crippen LogP contribution >= 0.6 is 11.8 Å². The molecule has 0 aliphatic rings. The molecule has 0 aliphatic carbocycles. The van der Waals surface area contributed by atoms with Crippen LogP contribution in [-0.2, 0) is 0 Å². The summed E-state index contributed by atoms with van der Waals surface area (Å²) in [7, 11) is 2.13. The number of nitrogens with zero attached hydrogens (tertiary/aromatic N) is 1. The SMILES string of the molecule is CCCOc1ccc(C(CN)N(C)CCSC)cc1. The van der Waals surface area contributed by atoms with Crippen molar-refractivity contribution >= 4 is 11.8 Å². The molecule has 0 aliphatic heterocycles. The molecule has 0 bridgehead atoms. The summed E-state index contributed by atoms with van der Waals surface area (Å²) in [6, 6.07) is 8.61. The molecule has 0 aromatic heterocycles. The highest BCUT2D eigenvalue weighted by atomic mass is 32.2. The van der Waals surface area contributed by atoms with Gasteiger partial charge >= 0.3 is 0 Å². The summed E-state index contributed by atoms with van der Waals surface area (Å²) in [6.45, 7) is 4.57. The number of likely N-dealkylation sites (N-methyl/N-ethyl adjacent to an activating group) is 1. The van der Waals surface area contributed by atoms with Crippen molar-refractivity contribution in [3.63, 3.8) is 0 Å². The zero-order valence-electron chi connectivity index (χ0n) is 12.3. The predicted octanol–water partition coefficient (Wildman–Crippen LogP) is 2.77. The molecular formula is C15H26N2OS. The summed E-state index contributed by atoms with van der Waals surface area (Å²) < 4.78 is 5.60. The van der Waals surface area contributed by atoms with Crippen LogP contribution in [-0.4, -0.2) is 43.7 Å². The van der Waals surface area contributed by atoms with Crippen LogP contribution in [0, 0.1) is 0 Å². The van der Waals surface area contributed by atoms with Gasteiger partial charge in [0.1, 0.15) is 5.75 Å². The molecule has 1 aromatic carbocycles. The molecule has 0 saturated carbocycles. The third kappa shape index (κ3) is 5.43. The van der Waals surface area contributed by atoms with E-state index in [9.17, 15) is 0 Å². The zero-order valence-corrected chi connectivity index (χ0v) is 13.1. The van der Waals surface area contributed by atoms with E-state index in [0.717, 1.165) is 31.1 Å². The Balaban J connectivity index is 2.65. The minimum Gasteiger partial charge on any atom is -0.494 e. The lowest BCUT2D eigenvalue weighted by atomic mass is 10.1. The van der Waals surface area contributed by atoms with Crippen LogP contribution in [0.25, 0.3) is 0 Å². The molecule has 2 N–H and O–H groups in total. The van der Waals surface area contributed by atoms with Gasteiger partial charge in [0.25, 0.3) is 0 Å². The van der Waals surface area contributed by atoms with E-state index < -0.39 is 0 Å². The predicted molar refractivity (Wildman–Crippen MR) is 85.0 cm³/mol. The van der Waals surface area contributed by atoms with E-state index in [4.69, 9.17) is 10.5 Å². The molecule has 0 fully saturated rings. The minimum atomic E-state index is 0.285. The molecule has 0 saturated heterocycles. The smallest absolute Gasteiger partial charge is 0.119 e. The van der Waals surface area contributed by atoms with Crippen LogP contribution in [0.3, 0.4) is 0 Å². The molecule has 1 rings (SSSR count). The van der Waals surface area contributed by atoms with Gasteiger partial charge in [0.15, 0.2) is 0 Å². The molecule has 1 unspecified atom stereocenters. The number of rotatable bonds is 9. The van der Waals surface area contributed by atoms with Gasteiger partial charge in [-0.15, -0.1) is 0 Å². The van der Waals surface area contributed by atoms with Gasteiger partial charge in [-0.2, -0.15) is 11.8 Å². The lowest BCUT2D eigenvalue weighted by Gasteiger charge is -2.27. The van der Waals surface area contributed by atoms with Gasteiger partial charge in [-0.1, -0.05) is 19.1 Å². The van der Waals surface area contributed by atoms with Gasteiger partial charge in [-0.25, -0.2) is 0 Å². The Labute approximate surface area is 121 Å². The van der Waals surface area contributed by atoms with Crippen molar-refractivity contribution < 1.29 is 4.74 Å². The first-order valence-corrected chi connectivity index (χ1v) is 8.24. The van der Waals surface area contributed by atoms with Gasteiger partial charge in [0.05, 0.1) is 6.61 Å². The molecule has 19 heavy (non-hydrogen) atoms. The van der Waals surface area contributed by atoms with Crippen molar-refractivity contribution in [3.05, 3.63) is 29.8 Å². The summed E-state index contributed by atoms with van der Waals surface area (Å²) in [4.78, 5) is 2.32. The number of hydrogen-bond donors (Lipinski definition) is 1.